The Morgan fingerprint density at radius 2 is 1.80 bits per heavy atom. The van der Waals surface area contributed by atoms with Gasteiger partial charge in [-0.2, -0.15) is 0 Å². The lowest BCUT2D eigenvalue weighted by Gasteiger charge is -1.99. The van der Waals surface area contributed by atoms with Crippen molar-refractivity contribution in [1.82, 2.24) is 0 Å². The first kappa shape index (κ1) is 12.8. The zero-order valence-electron chi connectivity index (χ0n) is 10.2. The van der Waals surface area contributed by atoms with E-state index in [0.717, 1.165) is 26.1 Å². The van der Waals surface area contributed by atoms with Crippen molar-refractivity contribution in [3.63, 3.8) is 0 Å². The van der Waals surface area contributed by atoms with Gasteiger partial charge in [-0.25, -0.2) is 0 Å². The lowest BCUT2D eigenvalue weighted by molar-refractivity contribution is 0.204. The number of allylic oxidation sites excluding steroid dienone is 1. The molecule has 0 saturated carbocycles. The van der Waals surface area contributed by atoms with Crippen LogP contribution in [0, 0.1) is 6.08 Å². The Morgan fingerprint density at radius 3 is 2.47 bits per heavy atom. The first-order valence-corrected chi connectivity index (χ1v) is 6.60. The lowest BCUT2D eigenvalue weighted by atomic mass is 10.1. The highest BCUT2D eigenvalue weighted by atomic mass is 16.5. The van der Waals surface area contributed by atoms with Gasteiger partial charge in [0.05, 0.1) is 13.2 Å². The van der Waals surface area contributed by atoms with Crippen LogP contribution >= 0.6 is 0 Å². The van der Waals surface area contributed by atoms with Gasteiger partial charge in [0.15, 0.2) is 0 Å². The first-order chi connectivity index (χ1) is 7.43. The summed E-state index contributed by atoms with van der Waals surface area (Å²) in [6, 6.07) is 0. The molecule has 15 heavy (non-hydrogen) atoms. The Kier molecular flexibility index (Phi) is 7.63. The van der Waals surface area contributed by atoms with E-state index in [9.17, 15) is 0 Å². The van der Waals surface area contributed by atoms with Crippen molar-refractivity contribution in [3.05, 3.63) is 11.6 Å². The standard InChI is InChI=1S/C14H25O/c1-2-3-4-5-6-7-8-9-10-14-11-12-15-13-14/h2-9,11-13H2,1H3. The summed E-state index contributed by atoms with van der Waals surface area (Å²) < 4.78 is 5.28. The summed E-state index contributed by atoms with van der Waals surface area (Å²) in [4.78, 5) is 0. The third-order valence-corrected chi connectivity index (χ3v) is 2.98. The molecule has 1 saturated heterocycles. The van der Waals surface area contributed by atoms with Crippen molar-refractivity contribution in [1.29, 1.82) is 0 Å². The molecule has 87 valence electrons. The number of unbranched alkanes of at least 4 members (excludes halogenated alkanes) is 7. The van der Waals surface area contributed by atoms with Crippen molar-refractivity contribution in [2.75, 3.05) is 13.2 Å². The molecule has 0 unspecified atom stereocenters. The molecule has 0 aromatic rings. The van der Waals surface area contributed by atoms with Gasteiger partial charge in [0.2, 0.25) is 0 Å². The largest absolute Gasteiger partial charge is 0.377 e. The van der Waals surface area contributed by atoms with E-state index in [2.05, 4.69) is 13.0 Å². The molecule has 1 heterocycles. The van der Waals surface area contributed by atoms with E-state index in [4.69, 9.17) is 4.74 Å². The van der Waals surface area contributed by atoms with E-state index >= 15 is 0 Å². The second-order valence-corrected chi connectivity index (χ2v) is 4.45. The summed E-state index contributed by atoms with van der Waals surface area (Å²) in [5.41, 5.74) is 1.40. The summed E-state index contributed by atoms with van der Waals surface area (Å²) >= 11 is 0. The van der Waals surface area contributed by atoms with E-state index in [1.54, 1.807) is 0 Å². The maximum absolute atomic E-state index is 5.28. The topological polar surface area (TPSA) is 9.23 Å². The van der Waals surface area contributed by atoms with Gasteiger partial charge in [0.1, 0.15) is 0 Å². The van der Waals surface area contributed by atoms with Crippen molar-refractivity contribution in [2.24, 2.45) is 0 Å². The number of rotatable bonds is 8. The summed E-state index contributed by atoms with van der Waals surface area (Å²) in [5.74, 6) is 0. The maximum Gasteiger partial charge on any atom is 0.0683 e. The second-order valence-electron chi connectivity index (χ2n) is 4.45. The molecule has 0 atom stereocenters. The zero-order valence-corrected chi connectivity index (χ0v) is 10.2. The Morgan fingerprint density at radius 1 is 1.07 bits per heavy atom. The minimum Gasteiger partial charge on any atom is -0.377 e. The van der Waals surface area contributed by atoms with Crippen LogP contribution in [-0.2, 0) is 4.74 Å². The Hall–Kier alpha value is -0.300. The molecule has 1 aliphatic heterocycles. The molecule has 0 spiro atoms. The fraction of sp³-hybridized carbons (Fsp3) is 0.857. The van der Waals surface area contributed by atoms with Crippen molar-refractivity contribution in [3.8, 4) is 0 Å². The number of hydrogen-bond donors (Lipinski definition) is 0. The zero-order chi connectivity index (χ0) is 10.8. The highest BCUT2D eigenvalue weighted by molar-refractivity contribution is 5.00. The molecule has 1 heteroatoms. The van der Waals surface area contributed by atoms with Crippen LogP contribution in [0.25, 0.3) is 0 Å². The van der Waals surface area contributed by atoms with Crippen molar-refractivity contribution < 1.29 is 4.74 Å². The molecule has 0 amide bonds. The van der Waals surface area contributed by atoms with Crippen LogP contribution in [-0.4, -0.2) is 13.2 Å². The van der Waals surface area contributed by atoms with Crippen LogP contribution in [0.3, 0.4) is 0 Å². The molecule has 1 rings (SSSR count). The number of hydrogen-bond acceptors (Lipinski definition) is 1. The van der Waals surface area contributed by atoms with Crippen LogP contribution in [0.4, 0.5) is 0 Å². The predicted molar refractivity (Wildman–Crippen MR) is 64.8 cm³/mol. The Labute approximate surface area is 94.9 Å². The average molecular weight is 209 g/mol. The molecule has 1 radical (unpaired) electrons. The molecule has 0 aromatic carbocycles. The quantitative estimate of drug-likeness (QED) is 0.542. The van der Waals surface area contributed by atoms with Crippen LogP contribution in [0.15, 0.2) is 5.57 Å². The van der Waals surface area contributed by atoms with Gasteiger partial charge in [-0.15, -0.1) is 0 Å². The molecule has 1 fully saturated rings. The van der Waals surface area contributed by atoms with E-state index in [0.29, 0.717) is 0 Å². The van der Waals surface area contributed by atoms with E-state index in [1.165, 1.54) is 50.5 Å². The summed E-state index contributed by atoms with van der Waals surface area (Å²) in [5, 5.41) is 0. The van der Waals surface area contributed by atoms with Gasteiger partial charge >= 0.3 is 0 Å². The minimum atomic E-state index is 0.844. The Balaban J connectivity index is 1.82. The fourth-order valence-electron chi connectivity index (χ4n) is 1.95. The van der Waals surface area contributed by atoms with E-state index in [1.807, 2.05) is 0 Å². The smallest absolute Gasteiger partial charge is 0.0683 e. The molecule has 0 aliphatic carbocycles. The normalized spacial score (nSPS) is 18.9. The van der Waals surface area contributed by atoms with E-state index in [-0.39, 0.29) is 0 Å². The van der Waals surface area contributed by atoms with Gasteiger partial charge in [-0.3, -0.25) is 0 Å². The fourth-order valence-corrected chi connectivity index (χ4v) is 1.95. The monoisotopic (exact) mass is 209 g/mol. The average Bonchev–Trinajstić information content (AvgIpc) is 2.75. The van der Waals surface area contributed by atoms with Gasteiger partial charge in [0, 0.05) is 0 Å². The minimum absolute atomic E-state index is 0.844. The van der Waals surface area contributed by atoms with Crippen molar-refractivity contribution >= 4 is 0 Å². The Bertz CT molecular complexity index is 164. The molecule has 0 aromatic heterocycles. The van der Waals surface area contributed by atoms with Crippen LogP contribution in [0.1, 0.15) is 64.7 Å². The third-order valence-electron chi connectivity index (χ3n) is 2.98. The summed E-state index contributed by atoms with van der Waals surface area (Å²) in [6.07, 6.45) is 15.5. The van der Waals surface area contributed by atoms with Crippen LogP contribution in [0.5, 0.6) is 0 Å². The molecular weight excluding hydrogens is 184 g/mol. The second kappa shape index (κ2) is 8.96. The maximum atomic E-state index is 5.28. The molecule has 1 nitrogen and oxygen atoms in total. The molecule has 1 aliphatic rings. The molecular formula is C14H25O. The molecule has 0 N–H and O–H groups in total. The van der Waals surface area contributed by atoms with Crippen molar-refractivity contribution in [2.45, 2.75) is 64.7 Å². The van der Waals surface area contributed by atoms with Crippen LogP contribution in [0.2, 0.25) is 0 Å². The molecule has 0 bridgehead atoms. The predicted octanol–water partition coefficient (Wildman–Crippen LogP) is 4.28. The number of ether oxygens (including phenoxy) is 1. The highest BCUT2D eigenvalue weighted by Gasteiger charge is 2.05. The first-order valence-electron chi connectivity index (χ1n) is 6.60. The van der Waals surface area contributed by atoms with E-state index < -0.39 is 0 Å². The summed E-state index contributed by atoms with van der Waals surface area (Å²) in [7, 11) is 0. The van der Waals surface area contributed by atoms with Gasteiger partial charge in [-0.05, 0) is 30.9 Å². The van der Waals surface area contributed by atoms with Gasteiger partial charge in [0.25, 0.3) is 0 Å². The van der Waals surface area contributed by atoms with Crippen LogP contribution < -0.4 is 0 Å². The SMILES string of the molecule is CCCCCCCCC/[C]=C1/CCOC1. The lowest BCUT2D eigenvalue weighted by Crippen LogP contribution is -1.83. The third kappa shape index (κ3) is 6.72. The van der Waals surface area contributed by atoms with Gasteiger partial charge in [-0.1, -0.05) is 45.4 Å². The highest BCUT2D eigenvalue weighted by Crippen LogP contribution is 2.13. The van der Waals surface area contributed by atoms with Gasteiger partial charge < -0.3 is 4.74 Å². The summed E-state index contributed by atoms with van der Waals surface area (Å²) in [6.45, 7) is 4.03.